The van der Waals surface area contributed by atoms with Crippen LogP contribution < -0.4 is 11.3 Å². The predicted octanol–water partition coefficient (Wildman–Crippen LogP) is 0.787. The van der Waals surface area contributed by atoms with Crippen molar-refractivity contribution >= 4 is 27.3 Å². The number of hydrogen-bond donors (Lipinski definition) is 0. The molecule has 0 aliphatic heterocycles. The van der Waals surface area contributed by atoms with Crippen LogP contribution in [0.15, 0.2) is 44.3 Å². The lowest BCUT2D eigenvalue weighted by Gasteiger charge is -2.01. The second-order valence-electron chi connectivity index (χ2n) is 3.99. The number of para-hydroxylation sites is 1. The van der Waals surface area contributed by atoms with Crippen LogP contribution in [0.25, 0.3) is 27.3 Å². The van der Waals surface area contributed by atoms with Crippen molar-refractivity contribution in [2.24, 2.45) is 0 Å². The van der Waals surface area contributed by atoms with Crippen molar-refractivity contribution in [3.63, 3.8) is 0 Å². The molecule has 0 saturated heterocycles. The zero-order chi connectivity index (χ0) is 12.3. The minimum atomic E-state index is -0.752. The molecular weight excluding hydrogens is 234 g/mol. The summed E-state index contributed by atoms with van der Waals surface area (Å²) in [7, 11) is 0. The fourth-order valence-electron chi connectivity index (χ4n) is 2.20. The van der Waals surface area contributed by atoms with Gasteiger partial charge < -0.3 is 4.42 Å². The second kappa shape index (κ2) is 2.92. The van der Waals surface area contributed by atoms with E-state index >= 15 is 0 Å². The van der Waals surface area contributed by atoms with E-state index in [0.717, 1.165) is 10.9 Å². The highest BCUT2D eigenvalue weighted by Gasteiger charge is 2.16. The topological polar surface area (TPSA) is 77.5 Å². The molecule has 1 aromatic carbocycles. The Kier molecular flexibility index (Phi) is 1.51. The summed E-state index contributed by atoms with van der Waals surface area (Å²) in [5.74, 6) is 0. The van der Waals surface area contributed by atoms with E-state index in [4.69, 9.17) is 0 Å². The fraction of sp³-hybridized carbons (Fsp3) is 0. The van der Waals surface area contributed by atoms with Crippen LogP contribution in [0.3, 0.4) is 0 Å². The number of nitrogens with zero attached hydrogens (tertiary/aromatic N) is 3. The predicted molar refractivity (Wildman–Crippen MR) is 64.0 cm³/mol. The van der Waals surface area contributed by atoms with Gasteiger partial charge >= 0.3 is 11.3 Å². The Morgan fingerprint density at radius 3 is 2.83 bits per heavy atom. The molecule has 0 unspecified atom stereocenters. The molecule has 6 heteroatoms. The summed E-state index contributed by atoms with van der Waals surface area (Å²) in [6, 6.07) is 9.11. The Labute approximate surface area is 98.4 Å². The van der Waals surface area contributed by atoms with Crippen LogP contribution in [0.5, 0.6) is 0 Å². The van der Waals surface area contributed by atoms with E-state index in [1.807, 2.05) is 24.3 Å². The van der Waals surface area contributed by atoms with Crippen molar-refractivity contribution in [2.45, 2.75) is 0 Å². The summed E-state index contributed by atoms with van der Waals surface area (Å²) in [4.78, 5) is 23.2. The van der Waals surface area contributed by atoms with E-state index in [2.05, 4.69) is 14.7 Å². The molecule has 0 aliphatic rings. The van der Waals surface area contributed by atoms with Crippen molar-refractivity contribution in [3.8, 4) is 0 Å². The smallest absolute Gasteiger partial charge is 0.369 e. The third-order valence-electron chi connectivity index (χ3n) is 2.99. The molecule has 6 nitrogen and oxygen atoms in total. The van der Waals surface area contributed by atoms with Gasteiger partial charge in [0.25, 0.3) is 0 Å². The number of aromatic nitrogens is 3. The van der Waals surface area contributed by atoms with Gasteiger partial charge in [-0.25, -0.2) is 14.1 Å². The molecule has 0 bridgehead atoms. The lowest BCUT2D eigenvalue weighted by molar-refractivity contribution is 0.487. The molecule has 3 aromatic heterocycles. The van der Waals surface area contributed by atoms with Gasteiger partial charge in [0.05, 0.1) is 10.9 Å². The number of benzene rings is 1. The van der Waals surface area contributed by atoms with Crippen LogP contribution >= 0.6 is 0 Å². The molecule has 0 atom stereocenters. The highest BCUT2D eigenvalue weighted by Crippen LogP contribution is 2.21. The lowest BCUT2D eigenvalue weighted by atomic mass is 10.1. The number of rotatable bonds is 0. The largest absolute Gasteiger partial charge is 0.384 e. The zero-order valence-electron chi connectivity index (χ0n) is 8.95. The van der Waals surface area contributed by atoms with Gasteiger partial charge in [-0.05, 0) is 12.1 Å². The quantitative estimate of drug-likeness (QED) is 0.424. The van der Waals surface area contributed by atoms with Gasteiger partial charge in [0.2, 0.25) is 0 Å². The van der Waals surface area contributed by atoms with Gasteiger partial charge in [0, 0.05) is 5.39 Å². The third kappa shape index (κ3) is 0.969. The molecular formula is C12H5N3O3. The van der Waals surface area contributed by atoms with Crippen LogP contribution in [0.4, 0.5) is 0 Å². The van der Waals surface area contributed by atoms with Crippen LogP contribution in [-0.2, 0) is 0 Å². The van der Waals surface area contributed by atoms with Crippen molar-refractivity contribution in [1.29, 1.82) is 0 Å². The maximum absolute atomic E-state index is 11.7. The highest BCUT2D eigenvalue weighted by atomic mass is 16.4. The van der Waals surface area contributed by atoms with Crippen LogP contribution in [0.1, 0.15) is 0 Å². The van der Waals surface area contributed by atoms with Crippen LogP contribution in [-0.4, -0.2) is 14.8 Å². The third-order valence-corrected chi connectivity index (χ3v) is 2.99. The first kappa shape index (κ1) is 9.29. The molecule has 0 radical (unpaired) electrons. The standard InChI is InChI=1S/C12H5N3O3/c16-11-7-5-6-3-1-2-4-8(6)15-10(7)9(13-14-15)12(17)18-11/h1-5H. The lowest BCUT2D eigenvalue weighted by Crippen LogP contribution is -2.12. The van der Waals surface area contributed by atoms with Crippen molar-refractivity contribution < 1.29 is 4.42 Å². The molecule has 4 rings (SSSR count). The summed E-state index contributed by atoms with van der Waals surface area (Å²) in [6.07, 6.45) is 0. The maximum Gasteiger partial charge on any atom is 0.369 e. The molecule has 0 saturated carbocycles. The van der Waals surface area contributed by atoms with E-state index in [0.29, 0.717) is 10.9 Å². The first-order valence-electron chi connectivity index (χ1n) is 5.29. The normalized spacial score (nSPS) is 11.8. The molecule has 18 heavy (non-hydrogen) atoms. The second-order valence-corrected chi connectivity index (χ2v) is 3.99. The first-order chi connectivity index (χ1) is 8.75. The minimum absolute atomic E-state index is 0.0790. The fourth-order valence-corrected chi connectivity index (χ4v) is 2.20. The highest BCUT2D eigenvalue weighted by molar-refractivity contribution is 5.99. The summed E-state index contributed by atoms with van der Waals surface area (Å²) in [5, 5.41) is 8.84. The summed E-state index contributed by atoms with van der Waals surface area (Å²) in [6.45, 7) is 0. The van der Waals surface area contributed by atoms with Gasteiger partial charge in [-0.1, -0.05) is 23.4 Å². The molecule has 0 fully saturated rings. The van der Waals surface area contributed by atoms with Gasteiger partial charge in [-0.3, -0.25) is 0 Å². The SMILES string of the molecule is O=c1oc(=O)c2nnn3c4ccccc4cc1c23. The Bertz CT molecular complexity index is 1020. The first-order valence-corrected chi connectivity index (χ1v) is 5.29. The van der Waals surface area contributed by atoms with Crippen molar-refractivity contribution in [2.75, 3.05) is 0 Å². The Hall–Kier alpha value is -2.76. The van der Waals surface area contributed by atoms with E-state index < -0.39 is 11.3 Å². The Morgan fingerprint density at radius 1 is 1.11 bits per heavy atom. The average molecular weight is 239 g/mol. The monoisotopic (exact) mass is 239 g/mol. The van der Waals surface area contributed by atoms with Crippen LogP contribution in [0.2, 0.25) is 0 Å². The van der Waals surface area contributed by atoms with E-state index in [-0.39, 0.29) is 5.52 Å². The molecule has 3 heterocycles. The molecule has 4 aromatic rings. The molecule has 86 valence electrons. The average Bonchev–Trinajstić information content (AvgIpc) is 2.81. The van der Waals surface area contributed by atoms with Crippen molar-refractivity contribution in [1.82, 2.24) is 14.8 Å². The summed E-state index contributed by atoms with van der Waals surface area (Å²) in [5.41, 5.74) is -0.133. The van der Waals surface area contributed by atoms with Gasteiger partial charge in [0.1, 0.15) is 5.52 Å². The molecule has 0 amide bonds. The zero-order valence-corrected chi connectivity index (χ0v) is 8.95. The maximum atomic E-state index is 11.7. The van der Waals surface area contributed by atoms with Gasteiger partial charge in [-0.2, -0.15) is 0 Å². The van der Waals surface area contributed by atoms with E-state index in [9.17, 15) is 9.59 Å². The molecule has 0 aliphatic carbocycles. The Morgan fingerprint density at radius 2 is 1.94 bits per heavy atom. The van der Waals surface area contributed by atoms with Crippen molar-refractivity contribution in [3.05, 3.63) is 51.2 Å². The summed E-state index contributed by atoms with van der Waals surface area (Å²) >= 11 is 0. The van der Waals surface area contributed by atoms with Gasteiger partial charge in [-0.15, -0.1) is 5.10 Å². The number of pyridine rings is 1. The Balaban J connectivity index is 2.51. The summed E-state index contributed by atoms with van der Waals surface area (Å²) < 4.78 is 6.11. The molecule has 0 spiro atoms. The minimum Gasteiger partial charge on any atom is -0.384 e. The molecule has 0 N–H and O–H groups in total. The van der Waals surface area contributed by atoms with E-state index in [1.165, 1.54) is 4.52 Å². The number of hydrogen-bond acceptors (Lipinski definition) is 5. The van der Waals surface area contributed by atoms with Gasteiger partial charge in [0.15, 0.2) is 5.52 Å². The number of fused-ring (bicyclic) bond motifs is 2. The van der Waals surface area contributed by atoms with Crippen LogP contribution in [0, 0.1) is 0 Å². The van der Waals surface area contributed by atoms with E-state index in [1.54, 1.807) is 6.07 Å².